The molecule has 2 amide bonds. The van der Waals surface area contributed by atoms with Gasteiger partial charge in [-0.25, -0.2) is 9.78 Å². The van der Waals surface area contributed by atoms with Gasteiger partial charge in [0.1, 0.15) is 5.75 Å². The molecule has 0 radical (unpaired) electrons. The molecule has 4 rings (SSSR count). The van der Waals surface area contributed by atoms with Gasteiger partial charge in [0.05, 0.1) is 12.3 Å². The average Bonchev–Trinajstić information content (AvgIpc) is 3.16. The Hall–Kier alpha value is -2.90. The molecule has 2 heterocycles. The number of ether oxygens (including phenoxy) is 1. The molecule has 1 aromatic heterocycles. The quantitative estimate of drug-likeness (QED) is 0.618. The predicted octanol–water partition coefficient (Wildman–Crippen LogP) is 4.74. The molecule has 0 saturated heterocycles. The van der Waals surface area contributed by atoms with Gasteiger partial charge in [-0.15, -0.1) is 11.3 Å². The molecule has 0 bridgehead atoms. The van der Waals surface area contributed by atoms with Gasteiger partial charge in [-0.3, -0.25) is 10.2 Å². The first-order chi connectivity index (χ1) is 14.2. The number of urea groups is 1. The highest BCUT2D eigenvalue weighted by Gasteiger charge is 2.17. The molecule has 2 aromatic carbocycles. The summed E-state index contributed by atoms with van der Waals surface area (Å²) in [5.41, 5.74) is 4.51. The van der Waals surface area contributed by atoms with Crippen molar-refractivity contribution in [1.82, 2.24) is 9.88 Å². The minimum Gasteiger partial charge on any atom is -0.494 e. The summed E-state index contributed by atoms with van der Waals surface area (Å²) >= 11 is 1.44. The van der Waals surface area contributed by atoms with Gasteiger partial charge in [0.2, 0.25) is 0 Å². The topological polar surface area (TPSA) is 66.5 Å². The first kappa shape index (κ1) is 19.4. The number of benzene rings is 2. The van der Waals surface area contributed by atoms with Crippen molar-refractivity contribution >= 4 is 28.2 Å². The molecule has 150 valence electrons. The second-order valence-corrected chi connectivity index (χ2v) is 7.77. The normalized spacial score (nSPS) is 13.6. The van der Waals surface area contributed by atoms with E-state index in [-0.39, 0.29) is 6.03 Å². The fourth-order valence-electron chi connectivity index (χ4n) is 3.42. The number of hydrogen-bond acceptors (Lipinski definition) is 5. The maximum absolute atomic E-state index is 12.2. The summed E-state index contributed by atoms with van der Waals surface area (Å²) in [5, 5.41) is 8.23. The smallest absolute Gasteiger partial charge is 0.325 e. The summed E-state index contributed by atoms with van der Waals surface area (Å²) in [4.78, 5) is 19.2. The summed E-state index contributed by atoms with van der Waals surface area (Å²) in [6, 6.07) is 15.6. The van der Waals surface area contributed by atoms with E-state index in [0.29, 0.717) is 17.4 Å². The highest BCUT2D eigenvalue weighted by Crippen LogP contribution is 2.22. The van der Waals surface area contributed by atoms with Crippen LogP contribution in [-0.2, 0) is 19.5 Å². The minimum atomic E-state index is -0.304. The predicted molar refractivity (Wildman–Crippen MR) is 117 cm³/mol. The summed E-state index contributed by atoms with van der Waals surface area (Å²) < 4.78 is 5.41. The Kier molecular flexibility index (Phi) is 6.07. The van der Waals surface area contributed by atoms with Gasteiger partial charge in [-0.1, -0.05) is 24.3 Å². The van der Waals surface area contributed by atoms with Crippen LogP contribution in [0.3, 0.4) is 0 Å². The van der Waals surface area contributed by atoms with Crippen molar-refractivity contribution in [1.29, 1.82) is 0 Å². The molecule has 3 aromatic rings. The molecule has 6 nitrogen and oxygen atoms in total. The van der Waals surface area contributed by atoms with Crippen LogP contribution in [0, 0.1) is 0 Å². The van der Waals surface area contributed by atoms with E-state index in [1.807, 2.05) is 36.6 Å². The Morgan fingerprint density at radius 1 is 1.14 bits per heavy atom. The Balaban J connectivity index is 1.29. The van der Waals surface area contributed by atoms with Gasteiger partial charge in [0, 0.05) is 30.7 Å². The summed E-state index contributed by atoms with van der Waals surface area (Å²) in [6.07, 6.45) is 1.07. The maximum Gasteiger partial charge on any atom is 0.325 e. The summed E-state index contributed by atoms with van der Waals surface area (Å²) in [6.45, 7) is 5.30. The van der Waals surface area contributed by atoms with Crippen molar-refractivity contribution in [2.24, 2.45) is 0 Å². The molecule has 7 heteroatoms. The molecular weight excluding hydrogens is 384 g/mol. The number of nitrogens with zero attached hydrogens (tertiary/aromatic N) is 2. The fourth-order valence-corrected chi connectivity index (χ4v) is 4.11. The van der Waals surface area contributed by atoms with Gasteiger partial charge < -0.3 is 10.1 Å². The van der Waals surface area contributed by atoms with E-state index in [2.05, 4.69) is 44.8 Å². The molecule has 0 saturated carbocycles. The molecular formula is C22H24N4O2S. The fraction of sp³-hybridized carbons (Fsp3) is 0.273. The van der Waals surface area contributed by atoms with Crippen molar-refractivity contribution in [3.05, 3.63) is 70.7 Å². The molecule has 0 atom stereocenters. The van der Waals surface area contributed by atoms with Crippen LogP contribution in [0.1, 0.15) is 23.7 Å². The first-order valence-corrected chi connectivity index (χ1v) is 10.6. The van der Waals surface area contributed by atoms with E-state index in [0.717, 1.165) is 37.5 Å². The number of aromatic nitrogens is 1. The van der Waals surface area contributed by atoms with Gasteiger partial charge in [-0.05, 0) is 48.7 Å². The zero-order valence-electron chi connectivity index (χ0n) is 16.4. The first-order valence-electron chi connectivity index (χ1n) is 9.74. The average molecular weight is 409 g/mol. The zero-order chi connectivity index (χ0) is 20.1. The van der Waals surface area contributed by atoms with Crippen LogP contribution in [0.15, 0.2) is 53.9 Å². The number of hydrogen-bond donors (Lipinski definition) is 2. The van der Waals surface area contributed by atoms with E-state index in [4.69, 9.17) is 4.74 Å². The SMILES string of the molecule is CCOc1ccc(NC(=O)Nc2nc(CN3CCc4ccccc4C3)cs2)cc1. The Morgan fingerprint density at radius 3 is 2.72 bits per heavy atom. The lowest BCUT2D eigenvalue weighted by Crippen LogP contribution is -2.30. The van der Waals surface area contributed by atoms with Crippen LogP contribution >= 0.6 is 11.3 Å². The highest BCUT2D eigenvalue weighted by atomic mass is 32.1. The second-order valence-electron chi connectivity index (χ2n) is 6.91. The lowest BCUT2D eigenvalue weighted by Gasteiger charge is -2.27. The molecule has 2 N–H and O–H groups in total. The maximum atomic E-state index is 12.2. The van der Waals surface area contributed by atoms with Crippen LogP contribution < -0.4 is 15.4 Å². The van der Waals surface area contributed by atoms with Crippen molar-refractivity contribution in [3.8, 4) is 5.75 Å². The molecule has 0 spiro atoms. The molecule has 1 aliphatic rings. The van der Waals surface area contributed by atoms with Crippen molar-refractivity contribution in [2.75, 3.05) is 23.8 Å². The monoisotopic (exact) mass is 408 g/mol. The van der Waals surface area contributed by atoms with Crippen LogP contribution in [0.5, 0.6) is 5.75 Å². The van der Waals surface area contributed by atoms with Crippen LogP contribution in [-0.4, -0.2) is 29.1 Å². The van der Waals surface area contributed by atoms with Crippen LogP contribution in [0.4, 0.5) is 15.6 Å². The number of anilines is 2. The second kappa shape index (κ2) is 9.07. The number of nitrogens with one attached hydrogen (secondary N) is 2. The summed E-state index contributed by atoms with van der Waals surface area (Å²) in [7, 11) is 0. The van der Waals surface area contributed by atoms with Gasteiger partial charge >= 0.3 is 6.03 Å². The number of carbonyl (C=O) groups excluding carboxylic acids is 1. The van der Waals surface area contributed by atoms with E-state index >= 15 is 0 Å². The molecule has 1 aliphatic heterocycles. The number of thiazole rings is 1. The lowest BCUT2D eigenvalue weighted by atomic mass is 10.00. The standard InChI is InChI=1S/C22H24N4O2S/c1-2-28-20-9-7-18(8-10-20)23-21(27)25-22-24-19(15-29-22)14-26-12-11-16-5-3-4-6-17(16)13-26/h3-10,15H,2,11-14H2,1H3,(H2,23,24,25,27). The van der Waals surface area contributed by atoms with Crippen LogP contribution in [0.25, 0.3) is 0 Å². The van der Waals surface area contributed by atoms with Gasteiger partial charge in [0.25, 0.3) is 0 Å². The van der Waals surface area contributed by atoms with Gasteiger partial charge in [-0.2, -0.15) is 0 Å². The third-order valence-corrected chi connectivity index (χ3v) is 5.60. The number of rotatable bonds is 6. The Bertz CT molecular complexity index is 971. The molecule has 0 fully saturated rings. The summed E-state index contributed by atoms with van der Waals surface area (Å²) in [5.74, 6) is 0.781. The largest absolute Gasteiger partial charge is 0.494 e. The van der Waals surface area contributed by atoms with Gasteiger partial charge in [0.15, 0.2) is 5.13 Å². The van der Waals surface area contributed by atoms with Crippen molar-refractivity contribution in [2.45, 2.75) is 26.4 Å². The Labute approximate surface area is 174 Å². The molecule has 0 aliphatic carbocycles. The molecule has 0 unspecified atom stereocenters. The third-order valence-electron chi connectivity index (χ3n) is 4.79. The molecule has 29 heavy (non-hydrogen) atoms. The van der Waals surface area contributed by atoms with Crippen LogP contribution in [0.2, 0.25) is 0 Å². The number of carbonyl (C=O) groups is 1. The Morgan fingerprint density at radius 2 is 1.93 bits per heavy atom. The van der Waals surface area contributed by atoms with E-state index < -0.39 is 0 Å². The zero-order valence-corrected chi connectivity index (χ0v) is 17.2. The minimum absolute atomic E-state index is 0.304. The van der Waals surface area contributed by atoms with Crippen molar-refractivity contribution in [3.63, 3.8) is 0 Å². The highest BCUT2D eigenvalue weighted by molar-refractivity contribution is 7.13. The number of amides is 2. The third kappa shape index (κ3) is 5.13. The van der Waals surface area contributed by atoms with E-state index in [1.54, 1.807) is 0 Å². The van der Waals surface area contributed by atoms with E-state index in [1.165, 1.54) is 22.5 Å². The van der Waals surface area contributed by atoms with E-state index in [9.17, 15) is 4.79 Å². The lowest BCUT2D eigenvalue weighted by molar-refractivity contribution is 0.243. The number of fused-ring (bicyclic) bond motifs is 1. The van der Waals surface area contributed by atoms with Crippen molar-refractivity contribution < 1.29 is 9.53 Å².